The van der Waals surface area contributed by atoms with Gasteiger partial charge in [-0.15, -0.1) is 11.1 Å². The molecule has 0 aliphatic carbocycles. The van der Waals surface area contributed by atoms with E-state index < -0.39 is 7.38 Å². The van der Waals surface area contributed by atoms with Crippen molar-refractivity contribution in [3.63, 3.8) is 0 Å². The van der Waals surface area contributed by atoms with Gasteiger partial charge in [0.05, 0.1) is 0 Å². The van der Waals surface area contributed by atoms with E-state index in [2.05, 4.69) is 110 Å². The maximum Gasteiger partial charge on any atom is 0.247 e. The molecule has 3 rings (SSSR count). The number of benzene rings is 3. The highest BCUT2D eigenvalue weighted by Crippen LogP contribution is 2.24. The lowest BCUT2D eigenvalue weighted by Crippen LogP contribution is -2.63. The molecule has 158 valence electrons. The summed E-state index contributed by atoms with van der Waals surface area (Å²) in [5, 5.41) is 3.86. The molecule has 0 heterocycles. The van der Waals surface area contributed by atoms with Crippen molar-refractivity contribution in [1.82, 2.24) is 0 Å². The van der Waals surface area contributed by atoms with E-state index in [0.29, 0.717) is 11.8 Å². The third-order valence-electron chi connectivity index (χ3n) is 5.95. The molecule has 0 saturated heterocycles. The first-order chi connectivity index (χ1) is 14.0. The molecule has 0 aliphatic heterocycles. The Morgan fingerprint density at radius 2 is 0.800 bits per heavy atom. The molecular formula is C28H35ClSi. The van der Waals surface area contributed by atoms with E-state index in [0.717, 1.165) is 0 Å². The molecule has 0 aromatic heterocycles. The Labute approximate surface area is 189 Å². The van der Waals surface area contributed by atoms with E-state index in [4.69, 9.17) is 11.1 Å². The maximum atomic E-state index is 7.90. The maximum absolute atomic E-state index is 7.90. The van der Waals surface area contributed by atoms with E-state index in [-0.39, 0.29) is 0 Å². The number of hydrogen-bond donors (Lipinski definition) is 0. The van der Waals surface area contributed by atoms with Gasteiger partial charge < -0.3 is 0 Å². The van der Waals surface area contributed by atoms with Gasteiger partial charge in [-0.2, -0.15) is 0 Å². The molecule has 30 heavy (non-hydrogen) atoms. The number of aryl methyl sites for hydroxylation is 4. The monoisotopic (exact) mass is 434 g/mol. The fourth-order valence-corrected chi connectivity index (χ4v) is 8.81. The van der Waals surface area contributed by atoms with Crippen molar-refractivity contribution in [2.75, 3.05) is 0 Å². The van der Waals surface area contributed by atoms with Crippen molar-refractivity contribution in [2.24, 2.45) is 0 Å². The van der Waals surface area contributed by atoms with E-state index in [1.165, 1.54) is 48.9 Å². The molecular weight excluding hydrogens is 400 g/mol. The Morgan fingerprint density at radius 3 is 1.10 bits per heavy atom. The van der Waals surface area contributed by atoms with Crippen LogP contribution in [-0.2, 0) is 0 Å². The summed E-state index contributed by atoms with van der Waals surface area (Å²) in [6.07, 6.45) is 0. The number of hydrogen-bond acceptors (Lipinski definition) is 0. The van der Waals surface area contributed by atoms with Crippen LogP contribution >= 0.6 is 11.1 Å². The first-order valence-electron chi connectivity index (χ1n) is 11.0. The van der Waals surface area contributed by atoms with Crippen LogP contribution in [0.25, 0.3) is 0 Å². The normalized spacial score (nSPS) is 12.1. The number of rotatable bonds is 5. The highest BCUT2D eigenvalue weighted by atomic mass is 35.6. The summed E-state index contributed by atoms with van der Waals surface area (Å²) in [6, 6.07) is 20.8. The van der Waals surface area contributed by atoms with Crippen LogP contribution in [0.3, 0.4) is 0 Å². The zero-order valence-electron chi connectivity index (χ0n) is 19.7. The van der Waals surface area contributed by atoms with Crippen molar-refractivity contribution in [2.45, 2.75) is 67.2 Å². The van der Waals surface area contributed by atoms with Gasteiger partial charge in [0, 0.05) is 0 Å². The summed E-state index contributed by atoms with van der Waals surface area (Å²) in [7, 11) is -2.69. The molecule has 0 atom stereocenters. The highest BCUT2D eigenvalue weighted by Gasteiger charge is 2.39. The quantitative estimate of drug-likeness (QED) is 0.248. The molecule has 0 amide bonds. The average molecular weight is 435 g/mol. The first kappa shape index (κ1) is 22.8. The van der Waals surface area contributed by atoms with Crippen molar-refractivity contribution in [3.05, 3.63) is 88.0 Å². The molecule has 0 saturated carbocycles. The SMILES string of the molecule is Cc1cc(C)cc([Si](Cl)(c2cc(C)cc(C)c2)c2cc(C(C)C)cc(C(C)C)c2)c1. The van der Waals surface area contributed by atoms with Gasteiger partial charge in [-0.3, -0.25) is 0 Å². The first-order valence-corrected chi connectivity index (χ1v) is 14.0. The van der Waals surface area contributed by atoms with Crippen LogP contribution in [0.15, 0.2) is 54.6 Å². The minimum Gasteiger partial charge on any atom is -0.149 e. The molecule has 0 radical (unpaired) electrons. The topological polar surface area (TPSA) is 0 Å². The van der Waals surface area contributed by atoms with E-state index >= 15 is 0 Å². The van der Waals surface area contributed by atoms with Gasteiger partial charge >= 0.3 is 0 Å². The standard InChI is InChI=1S/C28H35ClSi/c1-18(2)24-15-25(19(3)4)17-28(16-24)30(29,26-11-20(5)9-21(6)12-26)27-13-22(7)10-23(8)14-27/h9-19H,1-8H3. The molecule has 3 aromatic rings. The summed E-state index contributed by atoms with van der Waals surface area (Å²) in [4.78, 5) is 0. The van der Waals surface area contributed by atoms with Crippen molar-refractivity contribution in [3.8, 4) is 0 Å². The van der Waals surface area contributed by atoms with Crippen molar-refractivity contribution < 1.29 is 0 Å². The second kappa shape index (κ2) is 8.73. The van der Waals surface area contributed by atoms with Gasteiger partial charge in [-0.1, -0.05) is 105 Å². The second-order valence-electron chi connectivity index (χ2n) is 9.61. The third kappa shape index (κ3) is 4.58. The largest absolute Gasteiger partial charge is 0.247 e. The van der Waals surface area contributed by atoms with Gasteiger partial charge in [0.25, 0.3) is 0 Å². The molecule has 0 fully saturated rings. The van der Waals surface area contributed by atoms with E-state index in [1.807, 2.05) is 0 Å². The van der Waals surface area contributed by atoms with Gasteiger partial charge in [0.15, 0.2) is 0 Å². The van der Waals surface area contributed by atoms with Crippen LogP contribution in [0, 0.1) is 27.7 Å². The lowest BCUT2D eigenvalue weighted by Gasteiger charge is -2.30. The molecule has 2 heteroatoms. The zero-order chi connectivity index (χ0) is 22.2. The highest BCUT2D eigenvalue weighted by molar-refractivity contribution is 7.40. The molecule has 0 N–H and O–H groups in total. The summed E-state index contributed by atoms with van der Waals surface area (Å²) >= 11 is 7.90. The predicted molar refractivity (Wildman–Crippen MR) is 137 cm³/mol. The van der Waals surface area contributed by atoms with Gasteiger partial charge in [-0.05, 0) is 66.2 Å². The molecule has 0 unspecified atom stereocenters. The lowest BCUT2D eigenvalue weighted by molar-refractivity contribution is 0.836. The van der Waals surface area contributed by atoms with Gasteiger partial charge in [-0.25, -0.2) is 0 Å². The zero-order valence-corrected chi connectivity index (χ0v) is 21.5. The van der Waals surface area contributed by atoms with Crippen molar-refractivity contribution in [1.29, 1.82) is 0 Å². The van der Waals surface area contributed by atoms with Crippen LogP contribution in [0.5, 0.6) is 0 Å². The van der Waals surface area contributed by atoms with Gasteiger partial charge in [0.2, 0.25) is 7.38 Å². The average Bonchev–Trinajstić information content (AvgIpc) is 2.65. The molecule has 0 spiro atoms. The Kier molecular flexibility index (Phi) is 6.65. The second-order valence-corrected chi connectivity index (χ2v) is 14.4. The predicted octanol–water partition coefficient (Wildman–Crippen LogP) is 6.37. The Hall–Kier alpha value is -1.83. The van der Waals surface area contributed by atoms with Crippen LogP contribution in [0.1, 0.15) is 72.9 Å². The molecule has 3 aromatic carbocycles. The Bertz CT molecular complexity index is 944. The fraction of sp³-hybridized carbons (Fsp3) is 0.357. The summed E-state index contributed by atoms with van der Waals surface area (Å²) in [6.45, 7) is 17.8. The Balaban J connectivity index is 2.41. The molecule has 0 aliphatic rings. The lowest BCUT2D eigenvalue weighted by atomic mass is 9.96. The van der Waals surface area contributed by atoms with Crippen LogP contribution in [0.4, 0.5) is 0 Å². The summed E-state index contributed by atoms with van der Waals surface area (Å²) in [5.41, 5.74) is 7.85. The Morgan fingerprint density at radius 1 is 0.500 bits per heavy atom. The summed E-state index contributed by atoms with van der Waals surface area (Å²) < 4.78 is 0. The smallest absolute Gasteiger partial charge is 0.149 e. The summed E-state index contributed by atoms with van der Waals surface area (Å²) in [5.74, 6) is 0.937. The fourth-order valence-electron chi connectivity index (χ4n) is 4.39. The van der Waals surface area contributed by atoms with Crippen LogP contribution in [0.2, 0.25) is 0 Å². The van der Waals surface area contributed by atoms with Gasteiger partial charge in [0.1, 0.15) is 0 Å². The molecule has 0 nitrogen and oxygen atoms in total. The van der Waals surface area contributed by atoms with Crippen molar-refractivity contribution >= 4 is 34.0 Å². The van der Waals surface area contributed by atoms with Crippen LogP contribution < -0.4 is 15.6 Å². The van der Waals surface area contributed by atoms with Crippen LogP contribution in [-0.4, -0.2) is 7.38 Å². The minimum atomic E-state index is -2.69. The minimum absolute atomic E-state index is 0.468. The molecule has 0 bridgehead atoms. The third-order valence-corrected chi connectivity index (χ3v) is 11.2. The van der Waals surface area contributed by atoms with E-state index in [1.54, 1.807) is 0 Å². The number of halogens is 1. The van der Waals surface area contributed by atoms with E-state index in [9.17, 15) is 0 Å².